The van der Waals surface area contributed by atoms with Crippen molar-refractivity contribution in [1.29, 1.82) is 0 Å². The molecule has 0 spiro atoms. The van der Waals surface area contributed by atoms with Gasteiger partial charge in [-0.3, -0.25) is 0 Å². The number of aryl methyl sites for hydroxylation is 1. The zero-order chi connectivity index (χ0) is 8.97. The fourth-order valence-corrected chi connectivity index (χ4v) is 1.14. The smallest absolute Gasteiger partial charge is 0.108 e. The van der Waals surface area contributed by atoms with Gasteiger partial charge in [-0.15, -0.1) is 0 Å². The van der Waals surface area contributed by atoms with Gasteiger partial charge >= 0.3 is 0 Å². The minimum Gasteiger partial charge on any atom is -0.468 e. The van der Waals surface area contributed by atoms with Gasteiger partial charge in [-0.05, 0) is 6.92 Å². The molecular weight excluding hydrogens is 148 g/mol. The number of fused-ring (bicyclic) bond motifs is 1. The fraction of sp³-hybridized carbons (Fsp3) is 0.273. The van der Waals surface area contributed by atoms with Crippen LogP contribution >= 0.6 is 0 Å². The lowest BCUT2D eigenvalue weighted by atomic mass is 10.2. The van der Waals surface area contributed by atoms with E-state index in [1.807, 2.05) is 39.0 Å². The van der Waals surface area contributed by atoms with Crippen molar-refractivity contribution in [2.24, 2.45) is 0 Å². The summed E-state index contributed by atoms with van der Waals surface area (Å²) >= 11 is 0. The maximum absolute atomic E-state index is 5.21. The van der Waals surface area contributed by atoms with Gasteiger partial charge in [0.25, 0.3) is 0 Å². The molecule has 0 aliphatic carbocycles. The maximum atomic E-state index is 5.21. The molecule has 0 amide bonds. The van der Waals surface area contributed by atoms with Gasteiger partial charge in [0.05, 0.1) is 6.26 Å². The number of furan rings is 1. The molecule has 2 rings (SSSR count). The van der Waals surface area contributed by atoms with Crippen LogP contribution in [0.5, 0.6) is 0 Å². The van der Waals surface area contributed by atoms with Crippen LogP contribution in [0.4, 0.5) is 0 Å². The Labute approximate surface area is 73.0 Å². The van der Waals surface area contributed by atoms with Crippen LogP contribution in [-0.4, -0.2) is 0 Å². The van der Waals surface area contributed by atoms with Crippen LogP contribution in [-0.2, 0) is 0 Å². The molecule has 0 unspecified atom stereocenters. The third-order valence-corrected chi connectivity index (χ3v) is 1.70. The molecule has 1 heterocycles. The standard InChI is InChI=1S/C9H8O.C2H6/c1-7-9-5-3-2-4-8(9)6-10-7;1-2/h2-6H,1H3;1-2H3. The lowest BCUT2D eigenvalue weighted by Crippen LogP contribution is -1.63. The van der Waals surface area contributed by atoms with Gasteiger partial charge in [0.1, 0.15) is 5.76 Å². The highest BCUT2D eigenvalue weighted by Gasteiger charge is 1.97. The van der Waals surface area contributed by atoms with E-state index < -0.39 is 0 Å². The molecule has 0 saturated heterocycles. The summed E-state index contributed by atoms with van der Waals surface area (Å²) in [7, 11) is 0. The van der Waals surface area contributed by atoms with E-state index in [-0.39, 0.29) is 0 Å². The number of benzene rings is 1. The monoisotopic (exact) mass is 162 g/mol. The molecule has 1 aromatic carbocycles. The zero-order valence-electron chi connectivity index (χ0n) is 7.79. The molecule has 0 aliphatic rings. The van der Waals surface area contributed by atoms with Crippen molar-refractivity contribution in [2.45, 2.75) is 20.8 Å². The van der Waals surface area contributed by atoms with Gasteiger partial charge in [-0.25, -0.2) is 0 Å². The summed E-state index contributed by atoms with van der Waals surface area (Å²) < 4.78 is 5.21. The molecule has 0 saturated carbocycles. The second-order valence-corrected chi connectivity index (χ2v) is 2.38. The van der Waals surface area contributed by atoms with Crippen LogP contribution in [0, 0.1) is 6.92 Å². The molecule has 0 bridgehead atoms. The zero-order valence-corrected chi connectivity index (χ0v) is 7.79. The highest BCUT2D eigenvalue weighted by Crippen LogP contribution is 2.18. The van der Waals surface area contributed by atoms with Crippen molar-refractivity contribution in [3.63, 3.8) is 0 Å². The lowest BCUT2D eigenvalue weighted by Gasteiger charge is -1.84. The third-order valence-electron chi connectivity index (χ3n) is 1.70. The maximum Gasteiger partial charge on any atom is 0.108 e. The first-order valence-electron chi connectivity index (χ1n) is 4.31. The van der Waals surface area contributed by atoms with Gasteiger partial charge in [-0.1, -0.05) is 38.1 Å². The molecule has 0 fully saturated rings. The van der Waals surface area contributed by atoms with Crippen LogP contribution in [0.25, 0.3) is 10.8 Å². The van der Waals surface area contributed by atoms with E-state index in [4.69, 9.17) is 4.42 Å². The first kappa shape index (κ1) is 8.85. The highest BCUT2D eigenvalue weighted by molar-refractivity contribution is 5.83. The fourth-order valence-electron chi connectivity index (χ4n) is 1.14. The highest BCUT2D eigenvalue weighted by atomic mass is 16.3. The van der Waals surface area contributed by atoms with Gasteiger partial charge in [-0.2, -0.15) is 0 Å². The van der Waals surface area contributed by atoms with Crippen molar-refractivity contribution < 1.29 is 4.42 Å². The van der Waals surface area contributed by atoms with Crippen LogP contribution < -0.4 is 0 Å². The predicted molar refractivity (Wildman–Crippen MR) is 52.3 cm³/mol. The van der Waals surface area contributed by atoms with E-state index in [1.165, 1.54) is 10.8 Å². The molecule has 1 nitrogen and oxygen atoms in total. The number of rotatable bonds is 0. The molecule has 64 valence electrons. The van der Waals surface area contributed by atoms with Crippen LogP contribution in [0.2, 0.25) is 0 Å². The van der Waals surface area contributed by atoms with Gasteiger partial charge in [0.15, 0.2) is 0 Å². The van der Waals surface area contributed by atoms with Crippen molar-refractivity contribution in [1.82, 2.24) is 0 Å². The minimum atomic E-state index is 0.996. The summed E-state index contributed by atoms with van der Waals surface area (Å²) in [6, 6.07) is 8.14. The Morgan fingerprint density at radius 1 is 1.08 bits per heavy atom. The van der Waals surface area contributed by atoms with Gasteiger partial charge < -0.3 is 4.42 Å². The molecule has 0 radical (unpaired) electrons. The van der Waals surface area contributed by atoms with E-state index in [0.717, 1.165) is 5.76 Å². The largest absolute Gasteiger partial charge is 0.468 e. The second-order valence-electron chi connectivity index (χ2n) is 2.38. The van der Waals surface area contributed by atoms with Crippen molar-refractivity contribution in [2.75, 3.05) is 0 Å². The van der Waals surface area contributed by atoms with E-state index in [1.54, 1.807) is 6.26 Å². The molecule has 0 atom stereocenters. The Kier molecular flexibility index (Phi) is 2.92. The average molecular weight is 162 g/mol. The lowest BCUT2D eigenvalue weighted by molar-refractivity contribution is 0.540. The Bertz CT molecular complexity index is 347. The van der Waals surface area contributed by atoms with Gasteiger partial charge in [0.2, 0.25) is 0 Å². The summed E-state index contributed by atoms with van der Waals surface area (Å²) in [5.74, 6) is 0.996. The summed E-state index contributed by atoms with van der Waals surface area (Å²) in [5.41, 5.74) is 0. The van der Waals surface area contributed by atoms with E-state index in [0.29, 0.717) is 0 Å². The predicted octanol–water partition coefficient (Wildman–Crippen LogP) is 3.77. The van der Waals surface area contributed by atoms with Crippen molar-refractivity contribution in [3.05, 3.63) is 36.3 Å². The summed E-state index contributed by atoms with van der Waals surface area (Å²) in [4.78, 5) is 0. The minimum absolute atomic E-state index is 0.996. The molecule has 2 aromatic rings. The molecule has 1 heteroatoms. The van der Waals surface area contributed by atoms with Crippen LogP contribution in [0.1, 0.15) is 19.6 Å². The first-order chi connectivity index (χ1) is 5.88. The Hall–Kier alpha value is -1.24. The molecule has 0 aliphatic heterocycles. The van der Waals surface area contributed by atoms with Crippen molar-refractivity contribution in [3.8, 4) is 0 Å². The summed E-state index contributed by atoms with van der Waals surface area (Å²) in [6.45, 7) is 5.97. The van der Waals surface area contributed by atoms with Crippen LogP contribution in [0.3, 0.4) is 0 Å². The van der Waals surface area contributed by atoms with Gasteiger partial charge in [0, 0.05) is 10.8 Å². The SMILES string of the molecule is CC.Cc1occ2ccccc12. The number of hydrogen-bond acceptors (Lipinski definition) is 1. The average Bonchev–Trinajstić information content (AvgIpc) is 2.53. The van der Waals surface area contributed by atoms with Crippen LogP contribution in [0.15, 0.2) is 34.9 Å². The summed E-state index contributed by atoms with van der Waals surface area (Å²) in [5, 5.41) is 2.39. The normalized spacial score (nSPS) is 9.25. The summed E-state index contributed by atoms with van der Waals surface area (Å²) in [6.07, 6.45) is 1.78. The first-order valence-corrected chi connectivity index (χ1v) is 4.31. The second kappa shape index (κ2) is 3.96. The molecule has 12 heavy (non-hydrogen) atoms. The molecule has 0 N–H and O–H groups in total. The third kappa shape index (κ3) is 1.50. The Morgan fingerprint density at radius 2 is 1.75 bits per heavy atom. The Balaban J connectivity index is 0.000000336. The molecular formula is C11H14O. The molecule has 1 aromatic heterocycles. The number of hydrogen-bond donors (Lipinski definition) is 0. The topological polar surface area (TPSA) is 13.1 Å². The Morgan fingerprint density at radius 3 is 2.42 bits per heavy atom. The van der Waals surface area contributed by atoms with Crippen molar-refractivity contribution >= 4 is 10.8 Å². The van der Waals surface area contributed by atoms with E-state index in [2.05, 4.69) is 6.07 Å². The quantitative estimate of drug-likeness (QED) is 0.574. The van der Waals surface area contributed by atoms with E-state index in [9.17, 15) is 0 Å². The van der Waals surface area contributed by atoms with E-state index >= 15 is 0 Å².